The first kappa shape index (κ1) is 22.5. The van der Waals surface area contributed by atoms with Crippen LogP contribution in [0.2, 0.25) is 0 Å². The van der Waals surface area contributed by atoms with Gasteiger partial charge in [-0.15, -0.1) is 0 Å². The number of para-hydroxylation sites is 1. The highest BCUT2D eigenvalue weighted by Gasteiger charge is 2.32. The molecule has 7 heteroatoms. The maximum atomic E-state index is 12.4. The Morgan fingerprint density at radius 3 is 2.41 bits per heavy atom. The molecule has 0 amide bonds. The van der Waals surface area contributed by atoms with Crippen LogP contribution < -0.4 is 9.64 Å². The lowest BCUT2D eigenvalue weighted by Gasteiger charge is -2.41. The molecule has 2 aliphatic rings. The van der Waals surface area contributed by atoms with Gasteiger partial charge in [-0.2, -0.15) is 0 Å². The zero-order chi connectivity index (χ0) is 23.3. The predicted molar refractivity (Wildman–Crippen MR) is 129 cm³/mol. The average molecular weight is 463 g/mol. The molecular formula is C27H30N2O5. The minimum absolute atomic E-state index is 0.0867. The van der Waals surface area contributed by atoms with E-state index in [4.69, 9.17) is 18.9 Å². The van der Waals surface area contributed by atoms with Crippen LogP contribution in [0, 0.1) is 0 Å². The number of methoxy groups -OCH3 is 1. The topological polar surface area (TPSA) is 62.2 Å². The van der Waals surface area contributed by atoms with Crippen molar-refractivity contribution >= 4 is 11.7 Å². The van der Waals surface area contributed by atoms with Gasteiger partial charge in [-0.1, -0.05) is 18.2 Å². The van der Waals surface area contributed by atoms with Gasteiger partial charge < -0.3 is 28.4 Å². The van der Waals surface area contributed by atoms with Crippen LogP contribution in [-0.2, 0) is 20.8 Å². The van der Waals surface area contributed by atoms with Crippen molar-refractivity contribution in [1.29, 1.82) is 0 Å². The van der Waals surface area contributed by atoms with E-state index in [0.717, 1.165) is 61.8 Å². The molecule has 2 fully saturated rings. The third-order valence-corrected chi connectivity index (χ3v) is 6.35. The van der Waals surface area contributed by atoms with E-state index in [0.29, 0.717) is 18.3 Å². The lowest BCUT2D eigenvalue weighted by Crippen LogP contribution is -2.54. The van der Waals surface area contributed by atoms with E-state index in [9.17, 15) is 4.79 Å². The van der Waals surface area contributed by atoms with Gasteiger partial charge in [0, 0.05) is 25.6 Å². The number of hydrogen-bond acceptors (Lipinski definition) is 6. The van der Waals surface area contributed by atoms with Crippen molar-refractivity contribution in [1.82, 2.24) is 4.57 Å². The highest BCUT2D eigenvalue weighted by atomic mass is 16.5. The Hall–Kier alpha value is -3.29. The second kappa shape index (κ2) is 10.3. The monoisotopic (exact) mass is 462 g/mol. The van der Waals surface area contributed by atoms with Crippen molar-refractivity contribution in [2.75, 3.05) is 38.3 Å². The molecule has 0 atom stereocenters. The Balaban J connectivity index is 1.19. The number of nitrogens with zero attached hydrogens (tertiary/aromatic N) is 2. The molecule has 178 valence electrons. The summed E-state index contributed by atoms with van der Waals surface area (Å²) in [6.45, 7) is 3.67. The van der Waals surface area contributed by atoms with Crippen molar-refractivity contribution in [3.8, 4) is 11.4 Å². The van der Waals surface area contributed by atoms with E-state index in [1.165, 1.54) is 7.11 Å². The fraction of sp³-hybridized carbons (Fsp3) is 0.370. The Labute approximate surface area is 199 Å². The Morgan fingerprint density at radius 2 is 1.71 bits per heavy atom. The summed E-state index contributed by atoms with van der Waals surface area (Å²) in [6.07, 6.45) is 6.18. The molecule has 0 bridgehead atoms. The van der Waals surface area contributed by atoms with E-state index in [1.54, 1.807) is 6.07 Å². The molecule has 0 saturated carbocycles. The van der Waals surface area contributed by atoms with E-state index in [1.807, 2.05) is 53.4 Å². The first-order chi connectivity index (χ1) is 16.7. The van der Waals surface area contributed by atoms with Gasteiger partial charge in [0.2, 0.25) is 0 Å². The summed E-state index contributed by atoms with van der Waals surface area (Å²) in [6, 6.07) is 17.8. The molecule has 7 nitrogen and oxygen atoms in total. The minimum Gasteiger partial charge on any atom is -0.487 e. The van der Waals surface area contributed by atoms with Gasteiger partial charge >= 0.3 is 5.97 Å². The van der Waals surface area contributed by atoms with Crippen LogP contribution in [0.4, 0.5) is 5.69 Å². The van der Waals surface area contributed by atoms with Gasteiger partial charge in [0.15, 0.2) is 0 Å². The SMILES string of the molecule is COC(=O)c1cccc(N2CC(Oc3ccc(COC4CCOCC4)cc3)C2)c1-n1cccc1. The highest BCUT2D eigenvalue weighted by Crippen LogP contribution is 2.33. The van der Waals surface area contributed by atoms with Crippen molar-refractivity contribution in [2.45, 2.75) is 31.7 Å². The highest BCUT2D eigenvalue weighted by molar-refractivity contribution is 5.96. The molecule has 2 aliphatic heterocycles. The zero-order valence-corrected chi connectivity index (χ0v) is 19.4. The molecule has 2 aromatic carbocycles. The molecule has 1 aromatic heterocycles. The first-order valence-electron chi connectivity index (χ1n) is 11.8. The Morgan fingerprint density at radius 1 is 0.971 bits per heavy atom. The molecule has 34 heavy (non-hydrogen) atoms. The number of aromatic nitrogens is 1. The summed E-state index contributed by atoms with van der Waals surface area (Å²) < 4.78 is 24.5. The normalized spacial score (nSPS) is 16.8. The van der Waals surface area contributed by atoms with Gasteiger partial charge in [-0.3, -0.25) is 0 Å². The molecule has 3 aromatic rings. The third kappa shape index (κ3) is 4.95. The van der Waals surface area contributed by atoms with Gasteiger partial charge in [-0.25, -0.2) is 4.79 Å². The second-order valence-electron chi connectivity index (χ2n) is 8.67. The quantitative estimate of drug-likeness (QED) is 0.467. The number of rotatable bonds is 8. The van der Waals surface area contributed by atoms with E-state index in [2.05, 4.69) is 17.0 Å². The summed E-state index contributed by atoms with van der Waals surface area (Å²) in [7, 11) is 1.41. The standard InChI is InChI=1S/C27H30N2O5/c1-31-27(30)24-5-4-6-25(26(24)28-13-2-3-14-28)29-17-23(18-29)34-22-9-7-20(8-10-22)19-33-21-11-15-32-16-12-21/h2-10,13-14,21,23H,11-12,15-19H2,1H3. The lowest BCUT2D eigenvalue weighted by molar-refractivity contribution is -0.0390. The number of hydrogen-bond donors (Lipinski definition) is 0. The molecule has 0 spiro atoms. The number of ether oxygens (including phenoxy) is 4. The Bertz CT molecular complexity index is 1080. The van der Waals surface area contributed by atoms with Gasteiger partial charge in [0.25, 0.3) is 0 Å². The molecular weight excluding hydrogens is 432 g/mol. The van der Waals surface area contributed by atoms with Gasteiger partial charge in [-0.05, 0) is 54.8 Å². The van der Waals surface area contributed by atoms with Crippen LogP contribution in [-0.4, -0.2) is 56.2 Å². The molecule has 0 aliphatic carbocycles. The summed E-state index contributed by atoms with van der Waals surface area (Å²) >= 11 is 0. The van der Waals surface area contributed by atoms with Crippen LogP contribution in [0.15, 0.2) is 67.0 Å². The molecule has 3 heterocycles. The maximum Gasteiger partial charge on any atom is 0.340 e. The minimum atomic E-state index is -0.347. The Kier molecular flexibility index (Phi) is 6.83. The van der Waals surface area contributed by atoms with Crippen molar-refractivity contribution in [2.24, 2.45) is 0 Å². The fourth-order valence-corrected chi connectivity index (χ4v) is 4.44. The summed E-state index contributed by atoms with van der Waals surface area (Å²) in [5.74, 6) is 0.508. The van der Waals surface area contributed by atoms with Crippen LogP contribution in [0.1, 0.15) is 28.8 Å². The molecule has 0 N–H and O–H groups in total. The van der Waals surface area contributed by atoms with Gasteiger partial charge in [0.05, 0.1) is 49.8 Å². The summed E-state index contributed by atoms with van der Waals surface area (Å²) in [5, 5.41) is 0. The number of carbonyl (C=O) groups is 1. The lowest BCUT2D eigenvalue weighted by atomic mass is 10.1. The zero-order valence-electron chi connectivity index (χ0n) is 19.4. The largest absolute Gasteiger partial charge is 0.487 e. The smallest absolute Gasteiger partial charge is 0.340 e. The number of benzene rings is 2. The molecule has 0 unspecified atom stereocenters. The maximum absolute atomic E-state index is 12.4. The fourth-order valence-electron chi connectivity index (χ4n) is 4.44. The average Bonchev–Trinajstić information content (AvgIpc) is 3.40. The van der Waals surface area contributed by atoms with Crippen molar-refractivity contribution < 1.29 is 23.7 Å². The number of esters is 1. The van der Waals surface area contributed by atoms with Crippen LogP contribution in [0.5, 0.6) is 5.75 Å². The van der Waals surface area contributed by atoms with Crippen LogP contribution in [0.25, 0.3) is 5.69 Å². The molecule has 5 rings (SSSR count). The first-order valence-corrected chi connectivity index (χ1v) is 11.8. The third-order valence-electron chi connectivity index (χ3n) is 6.35. The van der Waals surface area contributed by atoms with Crippen molar-refractivity contribution in [3.63, 3.8) is 0 Å². The summed E-state index contributed by atoms with van der Waals surface area (Å²) in [4.78, 5) is 14.6. The van der Waals surface area contributed by atoms with E-state index in [-0.39, 0.29) is 12.1 Å². The van der Waals surface area contributed by atoms with Crippen LogP contribution in [0.3, 0.4) is 0 Å². The van der Waals surface area contributed by atoms with Crippen molar-refractivity contribution in [3.05, 3.63) is 78.1 Å². The number of carbonyl (C=O) groups excluding carboxylic acids is 1. The second-order valence-corrected chi connectivity index (χ2v) is 8.67. The van der Waals surface area contributed by atoms with E-state index < -0.39 is 0 Å². The molecule has 2 saturated heterocycles. The predicted octanol–water partition coefficient (Wildman–Crippen LogP) is 4.23. The van der Waals surface area contributed by atoms with Gasteiger partial charge in [0.1, 0.15) is 11.9 Å². The van der Waals surface area contributed by atoms with E-state index >= 15 is 0 Å². The summed E-state index contributed by atoms with van der Waals surface area (Å²) in [5.41, 5.74) is 3.50. The number of anilines is 1. The molecule has 0 radical (unpaired) electrons. The van der Waals surface area contributed by atoms with Crippen LogP contribution >= 0.6 is 0 Å².